The van der Waals surface area contributed by atoms with Crippen molar-refractivity contribution in [1.29, 1.82) is 0 Å². The first-order valence-electron chi connectivity index (χ1n) is 7.19. The Morgan fingerprint density at radius 2 is 2.00 bits per heavy atom. The molecule has 0 saturated carbocycles. The molecule has 2 aromatic heterocycles. The average molecular weight is 326 g/mol. The third kappa shape index (κ3) is 3.63. The number of nitrogens with one attached hydrogen (secondary N) is 1. The first-order valence-corrected chi connectivity index (χ1v) is 8.07. The molecule has 0 aliphatic heterocycles. The van der Waals surface area contributed by atoms with Crippen LogP contribution in [0.4, 0.5) is 4.39 Å². The van der Waals surface area contributed by atoms with Crippen molar-refractivity contribution in [3.8, 4) is 10.4 Å². The van der Waals surface area contributed by atoms with Crippen LogP contribution in [0.1, 0.15) is 28.9 Å². The number of pyridine rings is 1. The number of hydrogen-bond donors (Lipinski definition) is 1. The molecule has 1 atom stereocenters. The third-order valence-electron chi connectivity index (χ3n) is 3.52. The van der Waals surface area contributed by atoms with E-state index < -0.39 is 0 Å². The maximum Gasteiger partial charge on any atom is 0.253 e. The molecule has 0 radical (unpaired) electrons. The summed E-state index contributed by atoms with van der Waals surface area (Å²) in [5, 5.41) is 4.89. The maximum absolute atomic E-state index is 13.0. The molecule has 0 saturated heterocycles. The van der Waals surface area contributed by atoms with Gasteiger partial charge in [0, 0.05) is 22.8 Å². The number of halogens is 1. The topological polar surface area (TPSA) is 42.0 Å². The summed E-state index contributed by atoms with van der Waals surface area (Å²) in [5.41, 5.74) is 2.27. The summed E-state index contributed by atoms with van der Waals surface area (Å²) < 4.78 is 13.0. The zero-order chi connectivity index (χ0) is 16.2. The summed E-state index contributed by atoms with van der Waals surface area (Å²) >= 11 is 1.60. The standard InChI is InChI=1S/C18H15FN2OS/c1-12(13-4-6-16(19)7-5-13)21-18(22)15-9-14(10-20-11-15)17-3-2-8-23-17/h2-12H,1H3,(H,21,22). The van der Waals surface area contributed by atoms with Crippen LogP contribution in [0.5, 0.6) is 0 Å². The van der Waals surface area contributed by atoms with Crippen LogP contribution in [-0.2, 0) is 0 Å². The molecule has 3 aromatic rings. The summed E-state index contributed by atoms with van der Waals surface area (Å²) in [7, 11) is 0. The van der Waals surface area contributed by atoms with Gasteiger partial charge in [-0.2, -0.15) is 0 Å². The minimum Gasteiger partial charge on any atom is -0.345 e. The number of carbonyl (C=O) groups excluding carboxylic acids is 1. The van der Waals surface area contributed by atoms with Gasteiger partial charge in [0.2, 0.25) is 0 Å². The van der Waals surface area contributed by atoms with Gasteiger partial charge in [0.15, 0.2) is 0 Å². The van der Waals surface area contributed by atoms with Gasteiger partial charge in [-0.3, -0.25) is 9.78 Å². The van der Waals surface area contributed by atoms with Crippen LogP contribution in [0.2, 0.25) is 0 Å². The highest BCUT2D eigenvalue weighted by Gasteiger charge is 2.13. The first-order chi connectivity index (χ1) is 11.1. The Kier molecular flexibility index (Phi) is 4.48. The highest BCUT2D eigenvalue weighted by atomic mass is 32.1. The lowest BCUT2D eigenvalue weighted by atomic mass is 10.1. The maximum atomic E-state index is 13.0. The van der Waals surface area contributed by atoms with Crippen molar-refractivity contribution in [2.45, 2.75) is 13.0 Å². The summed E-state index contributed by atoms with van der Waals surface area (Å²) in [6.07, 6.45) is 3.29. The van der Waals surface area contributed by atoms with Gasteiger partial charge in [-0.25, -0.2) is 4.39 Å². The number of rotatable bonds is 4. The number of benzene rings is 1. The number of amides is 1. The van der Waals surface area contributed by atoms with Crippen LogP contribution >= 0.6 is 11.3 Å². The second-order valence-electron chi connectivity index (χ2n) is 5.19. The zero-order valence-corrected chi connectivity index (χ0v) is 13.3. The molecule has 0 fully saturated rings. The molecule has 3 rings (SSSR count). The fourth-order valence-corrected chi connectivity index (χ4v) is 2.97. The molecule has 1 amide bonds. The van der Waals surface area contributed by atoms with Crippen molar-refractivity contribution in [2.24, 2.45) is 0 Å². The third-order valence-corrected chi connectivity index (χ3v) is 4.44. The Hall–Kier alpha value is -2.53. The van der Waals surface area contributed by atoms with E-state index in [0.717, 1.165) is 16.0 Å². The van der Waals surface area contributed by atoms with Crippen molar-refractivity contribution in [1.82, 2.24) is 10.3 Å². The number of aromatic nitrogens is 1. The molecule has 1 unspecified atom stereocenters. The van der Waals surface area contributed by atoms with Gasteiger partial charge < -0.3 is 5.32 Å². The van der Waals surface area contributed by atoms with E-state index >= 15 is 0 Å². The van der Waals surface area contributed by atoms with E-state index in [4.69, 9.17) is 0 Å². The van der Waals surface area contributed by atoms with Gasteiger partial charge in [-0.05, 0) is 42.1 Å². The Bertz CT molecular complexity index is 800. The first kappa shape index (κ1) is 15.4. The molecule has 0 aliphatic carbocycles. The summed E-state index contributed by atoms with van der Waals surface area (Å²) in [6.45, 7) is 1.86. The van der Waals surface area contributed by atoms with Gasteiger partial charge in [0.25, 0.3) is 5.91 Å². The normalized spacial score (nSPS) is 11.9. The number of carbonyl (C=O) groups is 1. The second kappa shape index (κ2) is 6.71. The highest BCUT2D eigenvalue weighted by molar-refractivity contribution is 7.13. The van der Waals surface area contributed by atoms with E-state index in [1.807, 2.05) is 30.5 Å². The molecular formula is C18H15FN2OS. The number of thiophene rings is 1. The lowest BCUT2D eigenvalue weighted by molar-refractivity contribution is 0.0939. The van der Waals surface area contributed by atoms with Crippen molar-refractivity contribution >= 4 is 17.2 Å². The molecule has 5 heteroatoms. The summed E-state index contributed by atoms with van der Waals surface area (Å²) in [5.74, 6) is -0.493. The largest absolute Gasteiger partial charge is 0.345 e. The minimum absolute atomic E-state index is 0.201. The van der Waals surface area contributed by atoms with Gasteiger partial charge in [-0.15, -0.1) is 11.3 Å². The number of hydrogen-bond acceptors (Lipinski definition) is 3. The van der Waals surface area contributed by atoms with E-state index in [9.17, 15) is 9.18 Å². The van der Waals surface area contributed by atoms with Gasteiger partial charge in [-0.1, -0.05) is 18.2 Å². The van der Waals surface area contributed by atoms with Crippen LogP contribution in [-0.4, -0.2) is 10.9 Å². The molecule has 0 aliphatic rings. The van der Waals surface area contributed by atoms with Crippen molar-refractivity contribution in [2.75, 3.05) is 0 Å². The molecule has 1 N–H and O–H groups in total. The molecular weight excluding hydrogens is 311 g/mol. The predicted octanol–water partition coefficient (Wildman–Crippen LogP) is 4.44. The molecule has 2 heterocycles. The Morgan fingerprint density at radius 3 is 2.70 bits per heavy atom. The van der Waals surface area contributed by atoms with E-state index in [1.54, 1.807) is 35.9 Å². The lowest BCUT2D eigenvalue weighted by Gasteiger charge is -2.14. The Balaban J connectivity index is 1.75. The van der Waals surface area contributed by atoms with E-state index in [2.05, 4.69) is 10.3 Å². The molecule has 23 heavy (non-hydrogen) atoms. The quantitative estimate of drug-likeness (QED) is 0.770. The smallest absolute Gasteiger partial charge is 0.253 e. The molecule has 3 nitrogen and oxygen atoms in total. The molecule has 0 bridgehead atoms. The van der Waals surface area contributed by atoms with Crippen molar-refractivity contribution in [3.63, 3.8) is 0 Å². The van der Waals surface area contributed by atoms with Gasteiger partial charge in [0.1, 0.15) is 5.82 Å². The molecule has 1 aromatic carbocycles. The Labute approximate surface area is 137 Å². The van der Waals surface area contributed by atoms with Crippen LogP contribution < -0.4 is 5.32 Å². The second-order valence-corrected chi connectivity index (χ2v) is 6.13. The molecule has 116 valence electrons. The lowest BCUT2D eigenvalue weighted by Crippen LogP contribution is -2.26. The molecule has 0 spiro atoms. The van der Waals surface area contributed by atoms with Crippen LogP contribution in [0, 0.1) is 5.82 Å². The summed E-state index contributed by atoms with van der Waals surface area (Å²) in [4.78, 5) is 17.6. The predicted molar refractivity (Wildman–Crippen MR) is 89.8 cm³/mol. The van der Waals surface area contributed by atoms with Crippen molar-refractivity contribution < 1.29 is 9.18 Å². The minimum atomic E-state index is -0.292. The van der Waals surface area contributed by atoms with Crippen LogP contribution in [0.25, 0.3) is 10.4 Å². The monoisotopic (exact) mass is 326 g/mol. The average Bonchev–Trinajstić information content (AvgIpc) is 3.10. The van der Waals surface area contributed by atoms with E-state index in [0.29, 0.717) is 5.56 Å². The number of nitrogens with zero attached hydrogens (tertiary/aromatic N) is 1. The van der Waals surface area contributed by atoms with Crippen molar-refractivity contribution in [3.05, 3.63) is 77.2 Å². The fourth-order valence-electron chi connectivity index (χ4n) is 2.26. The van der Waals surface area contributed by atoms with Gasteiger partial charge >= 0.3 is 0 Å². The van der Waals surface area contributed by atoms with E-state index in [-0.39, 0.29) is 17.8 Å². The highest BCUT2D eigenvalue weighted by Crippen LogP contribution is 2.24. The van der Waals surface area contributed by atoms with Crippen LogP contribution in [0.3, 0.4) is 0 Å². The van der Waals surface area contributed by atoms with Crippen LogP contribution in [0.15, 0.2) is 60.2 Å². The SMILES string of the molecule is CC(NC(=O)c1cncc(-c2cccs2)c1)c1ccc(F)cc1. The zero-order valence-electron chi connectivity index (χ0n) is 12.5. The van der Waals surface area contributed by atoms with E-state index in [1.165, 1.54) is 12.1 Å². The Morgan fingerprint density at radius 1 is 1.22 bits per heavy atom. The van der Waals surface area contributed by atoms with Gasteiger partial charge in [0.05, 0.1) is 11.6 Å². The summed E-state index contributed by atoms with van der Waals surface area (Å²) in [6, 6.07) is 11.7. The fraction of sp³-hybridized carbons (Fsp3) is 0.111.